The number of hydrogen-bond donors (Lipinski definition) is 1. The molecule has 2 rings (SSSR count). The summed E-state index contributed by atoms with van der Waals surface area (Å²) in [7, 11) is 0. The van der Waals surface area contributed by atoms with Gasteiger partial charge in [-0.25, -0.2) is 4.98 Å². The number of halogens is 2. The van der Waals surface area contributed by atoms with Crippen LogP contribution < -0.4 is 10.1 Å². The van der Waals surface area contributed by atoms with E-state index in [0.717, 1.165) is 5.69 Å². The number of carbonyl (C=O) groups excluding carboxylic acids is 2. The van der Waals surface area contributed by atoms with Crippen molar-refractivity contribution in [2.45, 2.75) is 33.7 Å². The molecule has 0 aliphatic heterocycles. The fraction of sp³-hybridized carbons (Fsp3) is 0.421. The van der Waals surface area contributed by atoms with Crippen LogP contribution in [0.2, 0.25) is 10.0 Å². The zero-order chi connectivity index (χ0) is 20.1. The van der Waals surface area contributed by atoms with Crippen molar-refractivity contribution in [2.24, 2.45) is 0 Å². The molecule has 0 aliphatic carbocycles. The number of ether oxygens (including phenoxy) is 1. The molecule has 146 valence electrons. The van der Waals surface area contributed by atoms with Crippen LogP contribution in [0.25, 0.3) is 10.9 Å². The molecule has 0 aliphatic rings. The molecule has 0 bridgehead atoms. The Hall–Kier alpha value is -2.05. The van der Waals surface area contributed by atoms with E-state index in [2.05, 4.69) is 10.3 Å². The zero-order valence-electron chi connectivity index (χ0n) is 15.8. The molecule has 0 saturated carbocycles. The quantitative estimate of drug-likeness (QED) is 0.755. The third-order valence-corrected chi connectivity index (χ3v) is 4.43. The molecule has 0 atom stereocenters. The molecular formula is C19H23Cl2N3O3. The van der Waals surface area contributed by atoms with Crippen LogP contribution in [0.1, 0.15) is 26.5 Å². The highest BCUT2D eigenvalue weighted by atomic mass is 35.5. The molecule has 1 heterocycles. The van der Waals surface area contributed by atoms with Crippen LogP contribution in [0.3, 0.4) is 0 Å². The molecule has 0 spiro atoms. The van der Waals surface area contributed by atoms with Crippen molar-refractivity contribution in [3.05, 3.63) is 33.9 Å². The topological polar surface area (TPSA) is 71.5 Å². The number of aromatic nitrogens is 1. The first-order valence-corrected chi connectivity index (χ1v) is 9.43. The second-order valence-corrected chi connectivity index (χ2v) is 7.25. The fourth-order valence-corrected chi connectivity index (χ4v) is 3.14. The average molecular weight is 412 g/mol. The summed E-state index contributed by atoms with van der Waals surface area (Å²) in [6.45, 7) is 7.48. The Morgan fingerprint density at radius 3 is 2.59 bits per heavy atom. The van der Waals surface area contributed by atoms with Gasteiger partial charge in [0, 0.05) is 23.7 Å². The van der Waals surface area contributed by atoms with Gasteiger partial charge in [-0.3, -0.25) is 9.59 Å². The highest BCUT2D eigenvalue weighted by Crippen LogP contribution is 2.37. The summed E-state index contributed by atoms with van der Waals surface area (Å²) in [5, 5.41) is 4.19. The Labute approximate surface area is 168 Å². The van der Waals surface area contributed by atoms with Crippen LogP contribution >= 0.6 is 23.2 Å². The highest BCUT2D eigenvalue weighted by molar-refractivity contribution is 6.39. The van der Waals surface area contributed by atoms with E-state index < -0.39 is 0 Å². The lowest BCUT2D eigenvalue weighted by Crippen LogP contribution is -2.44. The van der Waals surface area contributed by atoms with E-state index in [-0.39, 0.29) is 36.0 Å². The highest BCUT2D eigenvalue weighted by Gasteiger charge is 2.19. The number of amides is 2. The lowest BCUT2D eigenvalue weighted by atomic mass is 10.2. The average Bonchev–Trinajstić information content (AvgIpc) is 2.58. The summed E-state index contributed by atoms with van der Waals surface area (Å²) >= 11 is 12.5. The van der Waals surface area contributed by atoms with Crippen molar-refractivity contribution in [1.29, 1.82) is 0 Å². The number of hydrogen-bond acceptors (Lipinski definition) is 4. The molecule has 0 unspecified atom stereocenters. The van der Waals surface area contributed by atoms with Crippen molar-refractivity contribution < 1.29 is 14.3 Å². The molecule has 2 aromatic rings. The summed E-state index contributed by atoms with van der Waals surface area (Å²) in [5.74, 6) is -0.230. The van der Waals surface area contributed by atoms with Crippen molar-refractivity contribution >= 4 is 45.9 Å². The maximum atomic E-state index is 12.5. The summed E-state index contributed by atoms with van der Waals surface area (Å²) in [4.78, 5) is 30.3. The molecule has 1 aromatic heterocycles. The van der Waals surface area contributed by atoms with Gasteiger partial charge >= 0.3 is 0 Å². The number of nitrogens with zero attached hydrogens (tertiary/aromatic N) is 2. The van der Waals surface area contributed by atoms with Crippen LogP contribution in [-0.4, -0.2) is 47.4 Å². The van der Waals surface area contributed by atoms with Gasteiger partial charge in [0.25, 0.3) is 5.91 Å². The van der Waals surface area contributed by atoms with Crippen molar-refractivity contribution in [3.8, 4) is 5.75 Å². The Morgan fingerprint density at radius 2 is 1.96 bits per heavy atom. The summed E-state index contributed by atoms with van der Waals surface area (Å²) in [6.07, 6.45) is 0. The summed E-state index contributed by atoms with van der Waals surface area (Å²) in [6, 6.07) is 5.25. The lowest BCUT2D eigenvalue weighted by Gasteiger charge is -2.21. The molecule has 6 nitrogen and oxygen atoms in total. The Bertz CT molecular complexity index is 856. The van der Waals surface area contributed by atoms with Crippen LogP contribution in [-0.2, 0) is 9.59 Å². The number of aryl methyl sites for hydroxylation is 1. The number of rotatable bonds is 7. The van der Waals surface area contributed by atoms with Crippen molar-refractivity contribution in [2.75, 3.05) is 19.7 Å². The SMILES string of the molecule is CCN(CC(=O)NC(C)C)C(=O)COc1c(Cl)cc(Cl)c2ccc(C)nc12. The maximum absolute atomic E-state index is 12.5. The molecule has 0 fully saturated rings. The van der Waals surface area contributed by atoms with Gasteiger partial charge in [0.05, 0.1) is 16.6 Å². The number of benzene rings is 1. The molecule has 2 amide bonds. The standard InChI is InChI=1S/C19H23Cl2N3O3/c1-5-24(9-16(25)22-11(2)3)17(26)10-27-19-15(21)8-14(20)13-7-6-12(4)23-18(13)19/h6-8,11H,5,9-10H2,1-4H3,(H,22,25). The Balaban J connectivity index is 2.16. The van der Waals surface area contributed by atoms with Gasteiger partial charge in [-0.2, -0.15) is 0 Å². The van der Waals surface area contributed by atoms with E-state index in [1.54, 1.807) is 13.0 Å². The molecule has 27 heavy (non-hydrogen) atoms. The molecule has 1 N–H and O–H groups in total. The van der Waals surface area contributed by atoms with Gasteiger partial charge in [0.1, 0.15) is 5.52 Å². The third-order valence-electron chi connectivity index (χ3n) is 3.84. The van der Waals surface area contributed by atoms with E-state index in [1.807, 2.05) is 32.9 Å². The number of likely N-dealkylation sites (N-methyl/N-ethyl adjacent to an activating group) is 1. The largest absolute Gasteiger partial charge is 0.480 e. The van der Waals surface area contributed by atoms with E-state index in [4.69, 9.17) is 27.9 Å². The first-order chi connectivity index (χ1) is 12.7. The molecule has 0 radical (unpaired) electrons. The number of pyridine rings is 1. The van der Waals surface area contributed by atoms with E-state index in [9.17, 15) is 9.59 Å². The monoisotopic (exact) mass is 411 g/mol. The van der Waals surface area contributed by atoms with Crippen LogP contribution in [0, 0.1) is 6.92 Å². The Kier molecular flexibility index (Phi) is 7.27. The van der Waals surface area contributed by atoms with E-state index in [0.29, 0.717) is 28.2 Å². The van der Waals surface area contributed by atoms with Crippen molar-refractivity contribution in [1.82, 2.24) is 15.2 Å². The summed E-state index contributed by atoms with van der Waals surface area (Å²) < 4.78 is 5.69. The van der Waals surface area contributed by atoms with Gasteiger partial charge in [-0.15, -0.1) is 0 Å². The van der Waals surface area contributed by atoms with E-state index in [1.165, 1.54) is 4.90 Å². The van der Waals surface area contributed by atoms with Crippen LogP contribution in [0.5, 0.6) is 5.75 Å². The van der Waals surface area contributed by atoms with Crippen molar-refractivity contribution in [3.63, 3.8) is 0 Å². The number of fused-ring (bicyclic) bond motifs is 1. The maximum Gasteiger partial charge on any atom is 0.260 e. The Morgan fingerprint density at radius 1 is 1.26 bits per heavy atom. The number of nitrogens with one attached hydrogen (secondary N) is 1. The smallest absolute Gasteiger partial charge is 0.260 e. The molecule has 1 aromatic carbocycles. The summed E-state index contributed by atoms with van der Waals surface area (Å²) in [5.41, 5.74) is 1.28. The minimum absolute atomic E-state index is 0.0103. The van der Waals surface area contributed by atoms with Gasteiger partial charge in [0.15, 0.2) is 12.4 Å². The van der Waals surface area contributed by atoms with E-state index >= 15 is 0 Å². The van der Waals surface area contributed by atoms with Gasteiger partial charge in [-0.05, 0) is 45.9 Å². The van der Waals surface area contributed by atoms with Gasteiger partial charge in [0.2, 0.25) is 5.91 Å². The third kappa shape index (κ3) is 5.47. The second kappa shape index (κ2) is 9.24. The van der Waals surface area contributed by atoms with Gasteiger partial charge < -0.3 is 15.0 Å². The first kappa shape index (κ1) is 21.3. The normalized spacial score (nSPS) is 10.9. The predicted molar refractivity (Wildman–Crippen MR) is 108 cm³/mol. The van der Waals surface area contributed by atoms with Crippen LogP contribution in [0.4, 0.5) is 0 Å². The minimum Gasteiger partial charge on any atom is -0.480 e. The minimum atomic E-state index is -0.316. The molecule has 8 heteroatoms. The van der Waals surface area contributed by atoms with Gasteiger partial charge in [-0.1, -0.05) is 23.2 Å². The zero-order valence-corrected chi connectivity index (χ0v) is 17.3. The number of carbonyl (C=O) groups is 2. The molecular weight excluding hydrogens is 389 g/mol. The lowest BCUT2D eigenvalue weighted by molar-refractivity contribution is -0.137. The molecule has 0 saturated heterocycles. The fourth-order valence-electron chi connectivity index (χ4n) is 2.57. The van der Waals surface area contributed by atoms with Crippen LogP contribution in [0.15, 0.2) is 18.2 Å². The second-order valence-electron chi connectivity index (χ2n) is 6.44. The predicted octanol–water partition coefficient (Wildman–Crippen LogP) is 3.60. The first-order valence-electron chi connectivity index (χ1n) is 8.68.